The van der Waals surface area contributed by atoms with Crippen molar-refractivity contribution in [1.82, 2.24) is 14.1 Å². The van der Waals surface area contributed by atoms with Gasteiger partial charge in [0, 0.05) is 31.6 Å². The van der Waals surface area contributed by atoms with Crippen LogP contribution in [0.5, 0.6) is 5.75 Å². The van der Waals surface area contributed by atoms with Crippen LogP contribution < -0.4 is 4.74 Å². The number of piperidine rings is 1. The normalized spacial score (nSPS) is 25.6. The molecule has 1 atom stereocenters. The fraction of sp³-hybridized carbons (Fsp3) is 0.600. The highest BCUT2D eigenvalue weighted by molar-refractivity contribution is 7.88. The number of sulfonamides is 1. The second-order valence-electron chi connectivity index (χ2n) is 8.26. The Bertz CT molecular complexity index is 918. The van der Waals surface area contributed by atoms with E-state index in [0.717, 1.165) is 18.4 Å². The zero-order valence-electron chi connectivity index (χ0n) is 16.7. The third kappa shape index (κ3) is 4.25. The first-order valence-corrected chi connectivity index (χ1v) is 11.9. The van der Waals surface area contributed by atoms with E-state index in [-0.39, 0.29) is 31.4 Å². The van der Waals surface area contributed by atoms with Crippen LogP contribution in [0.1, 0.15) is 31.2 Å². The first kappa shape index (κ1) is 20.2. The number of ether oxygens (including phenoxy) is 1. The highest BCUT2D eigenvalue weighted by Crippen LogP contribution is 2.35. The summed E-state index contributed by atoms with van der Waals surface area (Å²) in [5.41, 5.74) is 0.0272. The van der Waals surface area contributed by atoms with E-state index in [0.29, 0.717) is 38.2 Å². The lowest BCUT2D eigenvalue weighted by atomic mass is 9.92. The molecule has 0 aromatic heterocycles. The molecule has 0 N–H and O–H groups in total. The van der Waals surface area contributed by atoms with Gasteiger partial charge in [-0.3, -0.25) is 9.59 Å². The van der Waals surface area contributed by atoms with Gasteiger partial charge in [0.05, 0.1) is 25.9 Å². The molecule has 0 saturated carbocycles. The molecule has 3 aliphatic rings. The molecule has 2 amide bonds. The van der Waals surface area contributed by atoms with Gasteiger partial charge >= 0.3 is 0 Å². The summed E-state index contributed by atoms with van der Waals surface area (Å²) in [6, 6.07) is 7.46. The largest absolute Gasteiger partial charge is 0.484 e. The van der Waals surface area contributed by atoms with Gasteiger partial charge in [0.1, 0.15) is 11.4 Å². The SMILES string of the molecule is CS(=O)(=O)N1Cc2ccccc2OC2(CCCN(C(=O)CN3CCCC3=O)C2)C1. The number of para-hydroxylation sites is 1. The highest BCUT2D eigenvalue weighted by Gasteiger charge is 2.44. The van der Waals surface area contributed by atoms with Gasteiger partial charge in [0.2, 0.25) is 21.8 Å². The predicted molar refractivity (Wildman–Crippen MR) is 107 cm³/mol. The Hall–Kier alpha value is -2.13. The van der Waals surface area contributed by atoms with Gasteiger partial charge in [-0.2, -0.15) is 4.31 Å². The van der Waals surface area contributed by atoms with Gasteiger partial charge < -0.3 is 14.5 Å². The van der Waals surface area contributed by atoms with Crippen molar-refractivity contribution in [2.24, 2.45) is 0 Å². The fourth-order valence-corrected chi connectivity index (χ4v) is 5.30. The first-order valence-electron chi connectivity index (χ1n) is 10.0. The molecule has 3 heterocycles. The molecule has 4 rings (SSSR count). The molecule has 29 heavy (non-hydrogen) atoms. The molecular formula is C20H27N3O5S. The molecule has 1 aromatic rings. The predicted octanol–water partition coefficient (Wildman–Crippen LogP) is 0.824. The van der Waals surface area contributed by atoms with Crippen molar-refractivity contribution in [1.29, 1.82) is 0 Å². The molecule has 1 unspecified atom stereocenters. The second kappa shape index (κ2) is 7.60. The summed E-state index contributed by atoms with van der Waals surface area (Å²) < 4.78 is 32.6. The molecule has 9 heteroatoms. The van der Waals surface area contributed by atoms with Gasteiger partial charge in [0.25, 0.3) is 0 Å². The second-order valence-corrected chi connectivity index (χ2v) is 10.2. The Balaban J connectivity index is 1.58. The summed E-state index contributed by atoms with van der Waals surface area (Å²) in [5, 5.41) is 0. The van der Waals surface area contributed by atoms with Crippen LogP contribution in [0.4, 0.5) is 0 Å². The maximum Gasteiger partial charge on any atom is 0.242 e. The Labute approximate surface area is 171 Å². The lowest BCUT2D eigenvalue weighted by molar-refractivity contribution is -0.142. The monoisotopic (exact) mass is 421 g/mol. The van der Waals surface area contributed by atoms with E-state index in [1.54, 1.807) is 9.80 Å². The van der Waals surface area contributed by atoms with Crippen LogP contribution in [-0.4, -0.2) is 78.9 Å². The van der Waals surface area contributed by atoms with E-state index in [4.69, 9.17) is 4.74 Å². The molecule has 158 valence electrons. The number of fused-ring (bicyclic) bond motifs is 1. The van der Waals surface area contributed by atoms with Crippen LogP contribution in [0.25, 0.3) is 0 Å². The number of hydrogen-bond donors (Lipinski definition) is 0. The summed E-state index contributed by atoms with van der Waals surface area (Å²) in [4.78, 5) is 28.1. The van der Waals surface area contributed by atoms with Crippen molar-refractivity contribution in [3.05, 3.63) is 29.8 Å². The lowest BCUT2D eigenvalue weighted by Crippen LogP contribution is -2.59. The first-order chi connectivity index (χ1) is 13.8. The number of carbonyl (C=O) groups is 2. The van der Waals surface area contributed by atoms with Gasteiger partial charge in [-0.15, -0.1) is 0 Å². The zero-order valence-corrected chi connectivity index (χ0v) is 17.5. The zero-order chi connectivity index (χ0) is 20.6. The summed E-state index contributed by atoms with van der Waals surface area (Å²) in [5.74, 6) is 0.585. The molecule has 1 aromatic carbocycles. The topological polar surface area (TPSA) is 87.2 Å². The molecule has 3 aliphatic heterocycles. The van der Waals surface area contributed by atoms with Crippen molar-refractivity contribution in [2.45, 2.75) is 37.8 Å². The van der Waals surface area contributed by atoms with Crippen molar-refractivity contribution < 1.29 is 22.7 Å². The van der Waals surface area contributed by atoms with Crippen molar-refractivity contribution in [3.8, 4) is 5.75 Å². The molecule has 8 nitrogen and oxygen atoms in total. The average Bonchev–Trinajstić information content (AvgIpc) is 2.98. The van der Waals surface area contributed by atoms with Crippen molar-refractivity contribution in [2.75, 3.05) is 39.0 Å². The van der Waals surface area contributed by atoms with Gasteiger partial charge in [-0.25, -0.2) is 8.42 Å². The van der Waals surface area contributed by atoms with Gasteiger partial charge in [-0.05, 0) is 25.3 Å². The quantitative estimate of drug-likeness (QED) is 0.721. The number of likely N-dealkylation sites (tertiary alicyclic amines) is 2. The maximum atomic E-state index is 12.9. The molecule has 0 bridgehead atoms. The van der Waals surface area contributed by atoms with E-state index in [2.05, 4.69) is 0 Å². The van der Waals surface area contributed by atoms with E-state index in [1.165, 1.54) is 10.6 Å². The molecule has 2 fully saturated rings. The van der Waals surface area contributed by atoms with E-state index >= 15 is 0 Å². The minimum Gasteiger partial charge on any atom is -0.484 e. The fourth-order valence-electron chi connectivity index (χ4n) is 4.46. The van der Waals surface area contributed by atoms with Crippen LogP contribution in [0, 0.1) is 0 Å². The molecule has 2 saturated heterocycles. The van der Waals surface area contributed by atoms with Crippen molar-refractivity contribution in [3.63, 3.8) is 0 Å². The number of amides is 2. The van der Waals surface area contributed by atoms with Crippen LogP contribution in [0.15, 0.2) is 24.3 Å². The number of carbonyl (C=O) groups excluding carboxylic acids is 2. The van der Waals surface area contributed by atoms with E-state index in [1.807, 2.05) is 24.3 Å². The van der Waals surface area contributed by atoms with Gasteiger partial charge in [0.15, 0.2) is 0 Å². The minimum atomic E-state index is -3.43. The Kier molecular flexibility index (Phi) is 5.29. The number of hydrogen-bond acceptors (Lipinski definition) is 5. The molecular weight excluding hydrogens is 394 g/mol. The molecule has 1 spiro atoms. The number of nitrogens with zero attached hydrogens (tertiary/aromatic N) is 3. The van der Waals surface area contributed by atoms with Crippen LogP contribution in [0.3, 0.4) is 0 Å². The van der Waals surface area contributed by atoms with Gasteiger partial charge in [-0.1, -0.05) is 18.2 Å². The summed E-state index contributed by atoms with van der Waals surface area (Å²) >= 11 is 0. The molecule has 0 aliphatic carbocycles. The van der Waals surface area contributed by atoms with E-state index in [9.17, 15) is 18.0 Å². The smallest absolute Gasteiger partial charge is 0.242 e. The standard InChI is InChI=1S/C20H27N3O5S/c1-29(26,27)23-12-16-6-2-3-7-17(16)28-20(15-23)9-5-11-22(14-20)19(25)13-21-10-4-8-18(21)24/h2-3,6-7H,4-5,8-15H2,1H3. The summed E-state index contributed by atoms with van der Waals surface area (Å²) in [6.45, 7) is 2.07. The Morgan fingerprint density at radius 3 is 2.69 bits per heavy atom. The van der Waals surface area contributed by atoms with Crippen LogP contribution >= 0.6 is 0 Å². The minimum absolute atomic E-state index is 0.0213. The van der Waals surface area contributed by atoms with Crippen molar-refractivity contribution >= 4 is 21.8 Å². The average molecular weight is 422 g/mol. The summed E-state index contributed by atoms with van der Waals surface area (Å²) in [7, 11) is -3.43. The summed E-state index contributed by atoms with van der Waals surface area (Å²) in [6.07, 6.45) is 3.89. The maximum absolute atomic E-state index is 12.9. The van der Waals surface area contributed by atoms with Crippen LogP contribution in [-0.2, 0) is 26.2 Å². The third-order valence-electron chi connectivity index (χ3n) is 5.97. The molecule has 0 radical (unpaired) electrons. The third-order valence-corrected chi connectivity index (χ3v) is 7.17. The Morgan fingerprint density at radius 1 is 1.17 bits per heavy atom. The number of rotatable bonds is 3. The van der Waals surface area contributed by atoms with Crippen LogP contribution in [0.2, 0.25) is 0 Å². The lowest BCUT2D eigenvalue weighted by Gasteiger charge is -2.43. The number of benzene rings is 1. The Morgan fingerprint density at radius 2 is 1.97 bits per heavy atom. The van der Waals surface area contributed by atoms with E-state index < -0.39 is 15.6 Å². The highest BCUT2D eigenvalue weighted by atomic mass is 32.2.